The van der Waals surface area contributed by atoms with E-state index in [1.54, 1.807) is 0 Å². The van der Waals surface area contributed by atoms with E-state index in [1.165, 1.54) is 119 Å². The van der Waals surface area contributed by atoms with Crippen molar-refractivity contribution in [3.05, 3.63) is 72.1 Å². The third-order valence-electron chi connectivity index (χ3n) is 10.5. The van der Waals surface area contributed by atoms with Crippen molar-refractivity contribution in [1.82, 2.24) is 19.1 Å². The minimum absolute atomic E-state index is 0.731. The lowest BCUT2D eigenvalue weighted by atomic mass is 9.85. The Balaban J connectivity index is 1.41. The Kier molecular flexibility index (Phi) is 6.54. The highest BCUT2D eigenvalue weighted by molar-refractivity contribution is 6.16. The van der Waals surface area contributed by atoms with Crippen LogP contribution in [0, 0.1) is 11.8 Å². The lowest BCUT2D eigenvalue weighted by Crippen LogP contribution is -2.12. The first-order chi connectivity index (χ1) is 20.7. The standard InChI is InChI=1S/C38H42N4/c1-41-33-19-11-9-17-29(33)31-23-27(21-25-13-5-3-6-14-25)39-35(37(31)41)36-38-32(30-18-10-12-20-34(30)42(38)2)24-28(40-36)22-26-15-7-4-8-16-26/h9-12,17-20,23-26H,3-8,13-16,21-22H2,1-2H3. The highest BCUT2D eigenvalue weighted by Gasteiger charge is 2.25. The van der Waals surface area contributed by atoms with Crippen LogP contribution in [0.25, 0.3) is 55.0 Å². The zero-order valence-electron chi connectivity index (χ0n) is 25.2. The summed E-state index contributed by atoms with van der Waals surface area (Å²) in [5.41, 5.74) is 9.50. The second-order valence-corrected chi connectivity index (χ2v) is 13.3. The molecule has 0 bridgehead atoms. The maximum absolute atomic E-state index is 5.57. The largest absolute Gasteiger partial charge is 0.342 e. The van der Waals surface area contributed by atoms with Crippen molar-refractivity contribution in [2.45, 2.75) is 77.0 Å². The summed E-state index contributed by atoms with van der Waals surface area (Å²) in [6.45, 7) is 0. The Morgan fingerprint density at radius 1 is 0.548 bits per heavy atom. The van der Waals surface area contributed by atoms with Crippen molar-refractivity contribution >= 4 is 43.6 Å². The van der Waals surface area contributed by atoms with Gasteiger partial charge in [0.05, 0.1) is 11.0 Å². The van der Waals surface area contributed by atoms with Crippen LogP contribution in [-0.2, 0) is 26.9 Å². The van der Waals surface area contributed by atoms with Crippen LogP contribution in [0.5, 0.6) is 0 Å². The smallest absolute Gasteiger partial charge is 0.115 e. The van der Waals surface area contributed by atoms with Crippen molar-refractivity contribution in [1.29, 1.82) is 0 Å². The molecule has 2 aliphatic carbocycles. The van der Waals surface area contributed by atoms with E-state index in [4.69, 9.17) is 9.97 Å². The van der Waals surface area contributed by atoms with Crippen molar-refractivity contribution in [3.8, 4) is 11.4 Å². The molecule has 6 aromatic rings. The summed E-state index contributed by atoms with van der Waals surface area (Å²) in [6, 6.07) is 22.5. The third-order valence-corrected chi connectivity index (χ3v) is 10.5. The quantitative estimate of drug-likeness (QED) is 0.213. The number of hydrogen-bond acceptors (Lipinski definition) is 2. The number of hydrogen-bond donors (Lipinski definition) is 0. The van der Waals surface area contributed by atoms with Crippen LogP contribution >= 0.6 is 0 Å². The first-order valence-corrected chi connectivity index (χ1v) is 16.4. The Morgan fingerprint density at radius 2 is 0.952 bits per heavy atom. The number of fused-ring (bicyclic) bond motifs is 6. The van der Waals surface area contributed by atoms with Crippen molar-refractivity contribution in [2.24, 2.45) is 25.9 Å². The molecule has 0 radical (unpaired) electrons. The van der Waals surface area contributed by atoms with Gasteiger partial charge < -0.3 is 9.13 Å². The lowest BCUT2D eigenvalue weighted by Gasteiger charge is -2.22. The van der Waals surface area contributed by atoms with E-state index >= 15 is 0 Å². The molecule has 42 heavy (non-hydrogen) atoms. The van der Waals surface area contributed by atoms with Gasteiger partial charge in [-0.1, -0.05) is 101 Å². The molecule has 0 aliphatic heterocycles. The molecule has 0 spiro atoms. The number of benzene rings is 2. The number of rotatable bonds is 5. The first-order valence-electron chi connectivity index (χ1n) is 16.4. The molecule has 0 saturated heterocycles. The van der Waals surface area contributed by atoms with Gasteiger partial charge in [0, 0.05) is 58.1 Å². The van der Waals surface area contributed by atoms with Crippen LogP contribution in [0.4, 0.5) is 0 Å². The van der Waals surface area contributed by atoms with Crippen molar-refractivity contribution < 1.29 is 0 Å². The SMILES string of the molecule is Cn1c2ccccc2c2cc(CC3CCCCC3)nc(-c3nc(CC4CCCCC4)cc4c5ccccc5n(C)c34)c21. The molecule has 0 unspecified atom stereocenters. The summed E-state index contributed by atoms with van der Waals surface area (Å²) < 4.78 is 4.72. The fraction of sp³-hybridized carbons (Fsp3) is 0.421. The van der Waals surface area contributed by atoms with E-state index in [0.29, 0.717) is 0 Å². The average Bonchev–Trinajstić information content (AvgIpc) is 3.48. The maximum atomic E-state index is 5.57. The van der Waals surface area contributed by atoms with Gasteiger partial charge >= 0.3 is 0 Å². The molecule has 4 heteroatoms. The maximum Gasteiger partial charge on any atom is 0.115 e. The predicted molar refractivity (Wildman–Crippen MR) is 176 cm³/mol. The van der Waals surface area contributed by atoms with E-state index in [0.717, 1.165) is 36.1 Å². The number of aromatic nitrogens is 4. The number of para-hydroxylation sites is 2. The number of pyridine rings is 2. The molecule has 2 saturated carbocycles. The second kappa shape index (κ2) is 10.6. The zero-order valence-corrected chi connectivity index (χ0v) is 25.2. The Bertz CT molecular complexity index is 1790. The number of nitrogens with zero attached hydrogens (tertiary/aromatic N) is 4. The van der Waals surface area contributed by atoms with Crippen molar-refractivity contribution in [3.63, 3.8) is 0 Å². The summed E-state index contributed by atoms with van der Waals surface area (Å²) >= 11 is 0. The fourth-order valence-electron chi connectivity index (χ4n) is 8.41. The highest BCUT2D eigenvalue weighted by atomic mass is 15.0. The number of aryl methyl sites for hydroxylation is 2. The third kappa shape index (κ3) is 4.33. The van der Waals surface area contributed by atoms with Crippen LogP contribution in [0.2, 0.25) is 0 Å². The van der Waals surface area contributed by atoms with Gasteiger partial charge in [-0.25, -0.2) is 9.97 Å². The van der Waals surface area contributed by atoms with Gasteiger partial charge in [-0.05, 0) is 48.9 Å². The van der Waals surface area contributed by atoms with Crippen LogP contribution in [0.3, 0.4) is 0 Å². The van der Waals surface area contributed by atoms with Crippen LogP contribution in [-0.4, -0.2) is 19.1 Å². The van der Waals surface area contributed by atoms with Gasteiger partial charge in [-0.15, -0.1) is 0 Å². The summed E-state index contributed by atoms with van der Waals surface area (Å²) in [6.07, 6.45) is 15.6. The molecular formula is C38H42N4. The van der Waals surface area contributed by atoms with Gasteiger partial charge in [-0.2, -0.15) is 0 Å². The predicted octanol–water partition coefficient (Wildman–Crippen LogP) is 9.68. The Morgan fingerprint density at radius 3 is 1.38 bits per heavy atom. The van der Waals surface area contributed by atoms with E-state index in [9.17, 15) is 0 Å². The Labute approximate surface area is 248 Å². The molecule has 0 atom stereocenters. The summed E-state index contributed by atoms with van der Waals surface area (Å²) in [7, 11) is 4.42. The molecule has 214 valence electrons. The van der Waals surface area contributed by atoms with E-state index in [2.05, 4.69) is 83.9 Å². The molecule has 2 fully saturated rings. The molecule has 4 heterocycles. The second-order valence-electron chi connectivity index (χ2n) is 13.3. The lowest BCUT2D eigenvalue weighted by molar-refractivity contribution is 0.354. The summed E-state index contributed by atoms with van der Waals surface area (Å²) in [4.78, 5) is 11.1. The van der Waals surface area contributed by atoms with E-state index in [-0.39, 0.29) is 0 Å². The average molecular weight is 555 g/mol. The van der Waals surface area contributed by atoms with Crippen LogP contribution < -0.4 is 0 Å². The highest BCUT2D eigenvalue weighted by Crippen LogP contribution is 2.41. The van der Waals surface area contributed by atoms with Gasteiger partial charge in [-0.3, -0.25) is 0 Å². The fourth-order valence-corrected chi connectivity index (χ4v) is 8.41. The van der Waals surface area contributed by atoms with Crippen LogP contribution in [0.1, 0.15) is 75.6 Å². The molecule has 4 nitrogen and oxygen atoms in total. The monoisotopic (exact) mass is 554 g/mol. The van der Waals surface area contributed by atoms with Gasteiger partial charge in [0.1, 0.15) is 11.4 Å². The topological polar surface area (TPSA) is 35.6 Å². The minimum Gasteiger partial charge on any atom is -0.342 e. The van der Waals surface area contributed by atoms with Crippen LogP contribution in [0.15, 0.2) is 60.7 Å². The molecule has 8 rings (SSSR count). The zero-order chi connectivity index (χ0) is 28.2. The molecular weight excluding hydrogens is 512 g/mol. The molecule has 4 aromatic heterocycles. The normalized spacial score (nSPS) is 17.3. The minimum atomic E-state index is 0.731. The van der Waals surface area contributed by atoms with E-state index in [1.807, 2.05) is 0 Å². The van der Waals surface area contributed by atoms with Gasteiger partial charge in [0.2, 0.25) is 0 Å². The molecule has 2 aromatic carbocycles. The summed E-state index contributed by atoms with van der Waals surface area (Å²) in [5.74, 6) is 1.46. The summed E-state index contributed by atoms with van der Waals surface area (Å²) in [5, 5.41) is 5.26. The molecule has 0 N–H and O–H groups in total. The first kappa shape index (κ1) is 26.0. The Hall–Kier alpha value is -3.66. The van der Waals surface area contributed by atoms with Crippen molar-refractivity contribution in [2.75, 3.05) is 0 Å². The molecule has 2 aliphatic rings. The van der Waals surface area contributed by atoms with Gasteiger partial charge in [0.15, 0.2) is 0 Å². The molecule has 0 amide bonds. The van der Waals surface area contributed by atoms with E-state index < -0.39 is 0 Å². The van der Waals surface area contributed by atoms with Gasteiger partial charge in [0.25, 0.3) is 0 Å².